The predicted octanol–water partition coefficient (Wildman–Crippen LogP) is 1.52. The topological polar surface area (TPSA) is 79.9 Å². The number of fused-ring (bicyclic) bond motifs is 1. The third-order valence-electron chi connectivity index (χ3n) is 2.89. The minimum atomic E-state index is -0.800. The Labute approximate surface area is 118 Å². The molecule has 3 aromatic rings. The monoisotopic (exact) mass is 287 g/mol. The summed E-state index contributed by atoms with van der Waals surface area (Å²) in [7, 11) is 0. The molecule has 3 aromatic heterocycles. The van der Waals surface area contributed by atoms with E-state index in [1.165, 1.54) is 11.5 Å². The molecular weight excluding hydrogens is 276 g/mol. The fraction of sp³-hybridized carbons (Fsp3) is 0.154. The molecule has 100 valence electrons. The van der Waals surface area contributed by atoms with Gasteiger partial charge >= 0.3 is 5.97 Å². The molecule has 0 spiro atoms. The number of aliphatic carboxylic acids is 1. The second kappa shape index (κ2) is 5.30. The van der Waals surface area contributed by atoms with Crippen LogP contribution in [0.4, 0.5) is 0 Å². The van der Waals surface area contributed by atoms with Gasteiger partial charge in [0.05, 0.1) is 5.69 Å². The quantitative estimate of drug-likeness (QED) is 0.736. The first-order valence-corrected chi connectivity index (χ1v) is 6.80. The lowest BCUT2D eigenvalue weighted by atomic mass is 10.2. The van der Waals surface area contributed by atoms with Gasteiger partial charge < -0.3 is 5.11 Å². The maximum absolute atomic E-state index is 10.5. The molecule has 0 saturated carbocycles. The molecule has 7 heteroatoms. The predicted molar refractivity (Wildman–Crippen MR) is 73.1 cm³/mol. The van der Waals surface area contributed by atoms with Gasteiger partial charge in [-0.15, -0.1) is 5.10 Å². The number of aryl methyl sites for hydroxylation is 1. The number of hydrogen-bond acceptors (Lipinski definition) is 5. The standard InChI is InChI=1S/C13H10N4O2S/c18-12(19)5-8-17-6-3-9(4-7-17)10-1-2-11-13(14-10)20-16-15-11/h1-4,6-7H,5,8H2/p+1. The molecule has 1 N–H and O–H groups in total. The van der Waals surface area contributed by atoms with Crippen LogP contribution in [-0.4, -0.2) is 25.6 Å². The third kappa shape index (κ3) is 2.62. The molecule has 3 rings (SSSR count). The Hall–Kier alpha value is -2.41. The molecule has 3 heterocycles. The largest absolute Gasteiger partial charge is 0.481 e. The Balaban J connectivity index is 1.84. The summed E-state index contributed by atoms with van der Waals surface area (Å²) in [5.74, 6) is -0.800. The van der Waals surface area contributed by atoms with Crippen molar-refractivity contribution >= 4 is 27.8 Å². The van der Waals surface area contributed by atoms with Crippen LogP contribution in [0.25, 0.3) is 21.6 Å². The lowest BCUT2D eigenvalue weighted by Crippen LogP contribution is -2.33. The Kier molecular flexibility index (Phi) is 3.34. The maximum atomic E-state index is 10.5. The summed E-state index contributed by atoms with van der Waals surface area (Å²) in [5, 5.41) is 12.6. The van der Waals surface area contributed by atoms with E-state index < -0.39 is 5.97 Å². The third-order valence-corrected chi connectivity index (χ3v) is 3.52. The van der Waals surface area contributed by atoms with E-state index >= 15 is 0 Å². The van der Waals surface area contributed by atoms with Crippen molar-refractivity contribution in [1.29, 1.82) is 0 Å². The number of carboxylic acid groups (broad SMARTS) is 1. The molecule has 0 aliphatic carbocycles. The molecule has 0 unspecified atom stereocenters. The van der Waals surface area contributed by atoms with Crippen LogP contribution in [0.5, 0.6) is 0 Å². The summed E-state index contributed by atoms with van der Waals surface area (Å²) in [4.78, 5) is 15.8. The molecule has 0 bridgehead atoms. The van der Waals surface area contributed by atoms with Crippen molar-refractivity contribution in [2.75, 3.05) is 0 Å². The lowest BCUT2D eigenvalue weighted by molar-refractivity contribution is -0.695. The molecule has 0 aliphatic heterocycles. The summed E-state index contributed by atoms with van der Waals surface area (Å²) in [6.45, 7) is 0.459. The van der Waals surface area contributed by atoms with Crippen LogP contribution in [0.15, 0.2) is 36.7 Å². The smallest absolute Gasteiger partial charge is 0.309 e. The van der Waals surface area contributed by atoms with Crippen molar-refractivity contribution in [3.8, 4) is 11.3 Å². The minimum absolute atomic E-state index is 0.112. The van der Waals surface area contributed by atoms with Gasteiger partial charge in [0.2, 0.25) is 0 Å². The highest BCUT2D eigenvalue weighted by molar-refractivity contribution is 7.12. The SMILES string of the molecule is O=C(O)CC[n+]1ccc(-c2ccc3nnsc3n2)cc1. The van der Waals surface area contributed by atoms with Crippen molar-refractivity contribution in [2.24, 2.45) is 0 Å². The van der Waals surface area contributed by atoms with Gasteiger partial charge in [0.25, 0.3) is 0 Å². The maximum Gasteiger partial charge on any atom is 0.309 e. The van der Waals surface area contributed by atoms with Gasteiger partial charge in [-0.05, 0) is 12.1 Å². The van der Waals surface area contributed by atoms with Crippen LogP contribution in [0.2, 0.25) is 0 Å². The van der Waals surface area contributed by atoms with Crippen LogP contribution in [0.1, 0.15) is 6.42 Å². The van der Waals surface area contributed by atoms with Gasteiger partial charge in [0, 0.05) is 29.2 Å². The highest BCUT2D eigenvalue weighted by Crippen LogP contribution is 2.20. The van der Waals surface area contributed by atoms with Crippen LogP contribution in [0.3, 0.4) is 0 Å². The van der Waals surface area contributed by atoms with Gasteiger partial charge in [-0.1, -0.05) is 4.49 Å². The van der Waals surface area contributed by atoms with Crippen LogP contribution >= 0.6 is 11.5 Å². The molecule has 0 amide bonds. The highest BCUT2D eigenvalue weighted by Gasteiger charge is 2.08. The van der Waals surface area contributed by atoms with Crippen LogP contribution in [0, 0.1) is 0 Å². The first kappa shape index (κ1) is 12.6. The Morgan fingerprint density at radius 2 is 2.05 bits per heavy atom. The molecule has 0 aromatic carbocycles. The average molecular weight is 287 g/mol. The fourth-order valence-electron chi connectivity index (χ4n) is 1.84. The zero-order chi connectivity index (χ0) is 13.9. The molecule has 0 atom stereocenters. The van der Waals surface area contributed by atoms with Gasteiger partial charge in [-0.25, -0.2) is 9.55 Å². The zero-order valence-electron chi connectivity index (χ0n) is 10.4. The Morgan fingerprint density at radius 3 is 2.80 bits per heavy atom. The van der Waals surface area contributed by atoms with E-state index in [-0.39, 0.29) is 6.42 Å². The molecular formula is C13H11N4O2S+. The summed E-state index contributed by atoms with van der Waals surface area (Å²) >= 11 is 1.27. The van der Waals surface area contributed by atoms with E-state index in [1.807, 2.05) is 41.2 Å². The van der Waals surface area contributed by atoms with Crippen LogP contribution < -0.4 is 4.57 Å². The number of aromatic nitrogens is 4. The van der Waals surface area contributed by atoms with Crippen molar-refractivity contribution in [3.05, 3.63) is 36.7 Å². The molecule has 6 nitrogen and oxygen atoms in total. The summed E-state index contributed by atoms with van der Waals surface area (Å²) in [6, 6.07) is 7.64. The van der Waals surface area contributed by atoms with E-state index in [2.05, 4.69) is 14.6 Å². The lowest BCUT2D eigenvalue weighted by Gasteiger charge is -2.00. The van der Waals surface area contributed by atoms with Gasteiger partial charge in [0.15, 0.2) is 23.8 Å². The van der Waals surface area contributed by atoms with E-state index in [0.29, 0.717) is 6.54 Å². The van der Waals surface area contributed by atoms with Gasteiger partial charge in [-0.2, -0.15) is 0 Å². The van der Waals surface area contributed by atoms with Gasteiger partial charge in [-0.3, -0.25) is 4.79 Å². The first-order chi connectivity index (χ1) is 9.72. The Bertz CT molecular complexity index is 754. The molecule has 20 heavy (non-hydrogen) atoms. The number of carboxylic acids is 1. The zero-order valence-corrected chi connectivity index (χ0v) is 11.2. The number of rotatable bonds is 4. The average Bonchev–Trinajstić information content (AvgIpc) is 2.93. The molecule has 0 saturated heterocycles. The van der Waals surface area contributed by atoms with Crippen molar-refractivity contribution < 1.29 is 14.5 Å². The van der Waals surface area contributed by atoms with Crippen LogP contribution in [-0.2, 0) is 11.3 Å². The number of pyridine rings is 2. The minimum Gasteiger partial charge on any atom is -0.481 e. The highest BCUT2D eigenvalue weighted by atomic mass is 32.1. The van der Waals surface area contributed by atoms with Crippen molar-refractivity contribution in [2.45, 2.75) is 13.0 Å². The summed E-state index contributed by atoms with van der Waals surface area (Å²) in [6.07, 6.45) is 3.82. The second-order valence-corrected chi connectivity index (χ2v) is 4.99. The van der Waals surface area contributed by atoms with Crippen molar-refractivity contribution in [3.63, 3.8) is 0 Å². The fourth-order valence-corrected chi connectivity index (χ4v) is 2.39. The molecule has 0 radical (unpaired) electrons. The number of hydrogen-bond donors (Lipinski definition) is 1. The first-order valence-electron chi connectivity index (χ1n) is 6.03. The summed E-state index contributed by atoms with van der Waals surface area (Å²) in [5.41, 5.74) is 2.63. The van der Waals surface area contributed by atoms with E-state index in [0.717, 1.165) is 21.6 Å². The van der Waals surface area contributed by atoms with E-state index in [1.54, 1.807) is 0 Å². The normalized spacial score (nSPS) is 10.8. The van der Waals surface area contributed by atoms with Gasteiger partial charge in [0.1, 0.15) is 11.9 Å². The summed E-state index contributed by atoms with van der Waals surface area (Å²) < 4.78 is 5.70. The van der Waals surface area contributed by atoms with E-state index in [9.17, 15) is 4.79 Å². The van der Waals surface area contributed by atoms with Crippen molar-refractivity contribution in [1.82, 2.24) is 14.6 Å². The molecule has 0 fully saturated rings. The molecule has 0 aliphatic rings. The number of nitrogens with zero attached hydrogens (tertiary/aromatic N) is 4. The van der Waals surface area contributed by atoms with E-state index in [4.69, 9.17) is 5.11 Å². The second-order valence-electron chi connectivity index (χ2n) is 4.26. The Morgan fingerprint density at radius 1 is 1.25 bits per heavy atom. The number of carbonyl (C=O) groups is 1.